The Kier molecular flexibility index (Phi) is 3.62. The van der Waals surface area contributed by atoms with Crippen molar-refractivity contribution in [2.75, 3.05) is 6.61 Å². The molecule has 0 aliphatic carbocycles. The number of benzene rings is 1. The van der Waals surface area contributed by atoms with Crippen molar-refractivity contribution in [3.05, 3.63) is 32.4 Å². The Morgan fingerprint density at radius 1 is 1.36 bits per heavy atom. The van der Waals surface area contributed by atoms with E-state index in [-0.39, 0.29) is 6.61 Å². The minimum Gasteiger partial charge on any atom is -0.396 e. The molecule has 0 aliphatic rings. The van der Waals surface area contributed by atoms with Gasteiger partial charge in [0.05, 0.1) is 0 Å². The van der Waals surface area contributed by atoms with Crippen molar-refractivity contribution in [2.45, 2.75) is 6.42 Å². The molecule has 0 saturated carbocycles. The summed E-state index contributed by atoms with van der Waals surface area (Å²) >= 11 is 8.00. The third-order valence-electron chi connectivity index (χ3n) is 1.32. The molecule has 0 radical (unpaired) electrons. The average molecular weight is 283 g/mol. The fraction of sp³-hybridized carbons (Fsp3) is 0.250. The first-order valence-electron chi connectivity index (χ1n) is 3.28. The molecule has 1 aromatic carbocycles. The van der Waals surface area contributed by atoms with E-state index in [1.165, 1.54) is 0 Å². The zero-order valence-corrected chi connectivity index (χ0v) is 8.76. The minimum atomic E-state index is 0.177. The largest absolute Gasteiger partial charge is 0.396 e. The van der Waals surface area contributed by atoms with Crippen LogP contribution in [0.3, 0.4) is 0 Å². The number of aliphatic hydroxyl groups excluding tert-OH is 1. The van der Waals surface area contributed by atoms with Gasteiger partial charge in [0.15, 0.2) is 0 Å². The van der Waals surface area contributed by atoms with E-state index in [0.717, 1.165) is 14.2 Å². The molecule has 0 heterocycles. The highest BCUT2D eigenvalue weighted by Gasteiger charge is 1.96. The van der Waals surface area contributed by atoms with Crippen molar-refractivity contribution in [1.82, 2.24) is 0 Å². The van der Waals surface area contributed by atoms with Gasteiger partial charge in [-0.1, -0.05) is 11.6 Å². The topological polar surface area (TPSA) is 20.2 Å². The molecule has 0 atom stereocenters. The van der Waals surface area contributed by atoms with Crippen LogP contribution in [0.15, 0.2) is 18.2 Å². The first kappa shape index (κ1) is 9.29. The van der Waals surface area contributed by atoms with Gasteiger partial charge in [-0.2, -0.15) is 0 Å². The van der Waals surface area contributed by atoms with Crippen LogP contribution in [0.25, 0.3) is 0 Å². The van der Waals surface area contributed by atoms with Crippen molar-refractivity contribution < 1.29 is 5.11 Å². The molecular formula is C8H8ClIO. The molecule has 1 N–H and O–H groups in total. The summed E-state index contributed by atoms with van der Waals surface area (Å²) in [6, 6.07) is 5.78. The van der Waals surface area contributed by atoms with Gasteiger partial charge >= 0.3 is 0 Å². The molecule has 0 saturated heterocycles. The molecule has 3 heteroatoms. The third kappa shape index (κ3) is 2.97. The van der Waals surface area contributed by atoms with E-state index >= 15 is 0 Å². The maximum atomic E-state index is 8.66. The highest BCUT2D eigenvalue weighted by atomic mass is 127. The Balaban J connectivity index is 2.89. The van der Waals surface area contributed by atoms with Crippen molar-refractivity contribution in [2.24, 2.45) is 0 Å². The summed E-state index contributed by atoms with van der Waals surface area (Å²) < 4.78 is 1.11. The van der Waals surface area contributed by atoms with Gasteiger partial charge in [0, 0.05) is 15.2 Å². The quantitative estimate of drug-likeness (QED) is 0.826. The molecule has 0 fully saturated rings. The van der Waals surface area contributed by atoms with Gasteiger partial charge in [-0.05, 0) is 52.8 Å². The molecule has 0 aromatic heterocycles. The van der Waals surface area contributed by atoms with Crippen LogP contribution in [0.1, 0.15) is 5.56 Å². The van der Waals surface area contributed by atoms with Gasteiger partial charge in [-0.15, -0.1) is 0 Å². The van der Waals surface area contributed by atoms with Crippen LogP contribution in [0.4, 0.5) is 0 Å². The molecular weight excluding hydrogens is 274 g/mol. The van der Waals surface area contributed by atoms with Crippen molar-refractivity contribution in [3.8, 4) is 0 Å². The van der Waals surface area contributed by atoms with E-state index in [1.54, 1.807) is 0 Å². The SMILES string of the molecule is OCCc1cc(Cl)cc(I)c1. The van der Waals surface area contributed by atoms with Gasteiger partial charge < -0.3 is 5.11 Å². The Morgan fingerprint density at radius 3 is 2.64 bits per heavy atom. The first-order chi connectivity index (χ1) is 5.22. The fourth-order valence-electron chi connectivity index (χ4n) is 0.884. The lowest BCUT2D eigenvalue weighted by atomic mass is 10.2. The molecule has 1 aromatic rings. The zero-order chi connectivity index (χ0) is 8.27. The Hall–Kier alpha value is 0.200. The number of hydrogen-bond donors (Lipinski definition) is 1. The fourth-order valence-corrected chi connectivity index (χ4v) is 2.06. The first-order valence-corrected chi connectivity index (χ1v) is 4.74. The van der Waals surface area contributed by atoms with E-state index in [1.807, 2.05) is 18.2 Å². The average Bonchev–Trinajstić information content (AvgIpc) is 1.85. The number of rotatable bonds is 2. The minimum absolute atomic E-state index is 0.177. The molecule has 0 amide bonds. The number of aliphatic hydroxyl groups is 1. The van der Waals surface area contributed by atoms with E-state index in [4.69, 9.17) is 16.7 Å². The second kappa shape index (κ2) is 4.28. The Bertz CT molecular complexity index is 230. The highest BCUT2D eigenvalue weighted by molar-refractivity contribution is 14.1. The predicted octanol–water partition coefficient (Wildman–Crippen LogP) is 2.48. The van der Waals surface area contributed by atoms with Crippen LogP contribution >= 0.6 is 34.2 Å². The molecule has 0 unspecified atom stereocenters. The second-order valence-electron chi connectivity index (χ2n) is 2.25. The molecule has 11 heavy (non-hydrogen) atoms. The van der Waals surface area contributed by atoms with Gasteiger partial charge in [0.25, 0.3) is 0 Å². The summed E-state index contributed by atoms with van der Waals surface area (Å²) in [7, 11) is 0. The van der Waals surface area contributed by atoms with Crippen molar-refractivity contribution in [1.29, 1.82) is 0 Å². The van der Waals surface area contributed by atoms with Crippen LogP contribution < -0.4 is 0 Å². The summed E-state index contributed by atoms with van der Waals surface area (Å²) in [5.41, 5.74) is 1.09. The lowest BCUT2D eigenvalue weighted by Crippen LogP contribution is -1.90. The highest BCUT2D eigenvalue weighted by Crippen LogP contribution is 2.16. The van der Waals surface area contributed by atoms with Crippen molar-refractivity contribution >= 4 is 34.2 Å². The summed E-state index contributed by atoms with van der Waals surface area (Å²) in [4.78, 5) is 0. The van der Waals surface area contributed by atoms with Gasteiger partial charge in [-0.25, -0.2) is 0 Å². The second-order valence-corrected chi connectivity index (χ2v) is 3.93. The Labute approximate surface area is 84.5 Å². The summed E-state index contributed by atoms with van der Waals surface area (Å²) in [6.45, 7) is 0.177. The molecule has 0 bridgehead atoms. The lowest BCUT2D eigenvalue weighted by molar-refractivity contribution is 0.299. The zero-order valence-electron chi connectivity index (χ0n) is 5.85. The molecule has 1 rings (SSSR count). The molecule has 0 aliphatic heterocycles. The van der Waals surface area contributed by atoms with E-state index < -0.39 is 0 Å². The maximum absolute atomic E-state index is 8.66. The van der Waals surface area contributed by atoms with Gasteiger partial charge in [0.1, 0.15) is 0 Å². The van der Waals surface area contributed by atoms with Crippen LogP contribution in [-0.2, 0) is 6.42 Å². The monoisotopic (exact) mass is 282 g/mol. The summed E-state index contributed by atoms with van der Waals surface area (Å²) in [5, 5.41) is 9.39. The van der Waals surface area contributed by atoms with E-state index in [2.05, 4.69) is 22.6 Å². The molecule has 0 spiro atoms. The predicted molar refractivity (Wildman–Crippen MR) is 55.0 cm³/mol. The van der Waals surface area contributed by atoms with Crippen LogP contribution in [0.2, 0.25) is 5.02 Å². The molecule has 60 valence electrons. The smallest absolute Gasteiger partial charge is 0.0471 e. The summed E-state index contributed by atoms with van der Waals surface area (Å²) in [5.74, 6) is 0. The van der Waals surface area contributed by atoms with Gasteiger partial charge in [0.2, 0.25) is 0 Å². The van der Waals surface area contributed by atoms with Crippen molar-refractivity contribution in [3.63, 3.8) is 0 Å². The maximum Gasteiger partial charge on any atom is 0.0471 e. The van der Waals surface area contributed by atoms with E-state index in [9.17, 15) is 0 Å². The van der Waals surface area contributed by atoms with Gasteiger partial charge in [-0.3, -0.25) is 0 Å². The number of hydrogen-bond acceptors (Lipinski definition) is 1. The lowest BCUT2D eigenvalue weighted by Gasteiger charge is -1.99. The number of halogens is 2. The summed E-state index contributed by atoms with van der Waals surface area (Å²) in [6.07, 6.45) is 0.677. The molecule has 1 nitrogen and oxygen atoms in total. The third-order valence-corrected chi connectivity index (χ3v) is 2.16. The van der Waals surface area contributed by atoms with Crippen LogP contribution in [0, 0.1) is 3.57 Å². The van der Waals surface area contributed by atoms with E-state index in [0.29, 0.717) is 6.42 Å². The van der Waals surface area contributed by atoms with Crippen LogP contribution in [-0.4, -0.2) is 11.7 Å². The standard InChI is InChI=1S/C8H8ClIO/c9-7-3-6(1-2-11)4-8(10)5-7/h3-5,11H,1-2H2. The Morgan fingerprint density at radius 2 is 2.09 bits per heavy atom. The van der Waals surface area contributed by atoms with Crippen LogP contribution in [0.5, 0.6) is 0 Å². The normalized spacial score (nSPS) is 10.1.